The lowest BCUT2D eigenvalue weighted by Gasteiger charge is -2.32. The van der Waals surface area contributed by atoms with Gasteiger partial charge in [0.1, 0.15) is 0 Å². The molecule has 0 N–H and O–H groups in total. The number of hydrogen-bond acceptors (Lipinski definition) is 4. The summed E-state index contributed by atoms with van der Waals surface area (Å²) in [5, 5.41) is 0. The van der Waals surface area contributed by atoms with Crippen LogP contribution < -0.4 is 0 Å². The second kappa shape index (κ2) is 12.8. The van der Waals surface area contributed by atoms with Gasteiger partial charge in [0.2, 0.25) is 11.8 Å². The molecular weight excluding hydrogens is 416 g/mol. The molecule has 33 heavy (non-hydrogen) atoms. The number of piperidine rings is 1. The van der Waals surface area contributed by atoms with Gasteiger partial charge in [0.25, 0.3) is 0 Å². The Kier molecular flexibility index (Phi) is 9.48. The van der Waals surface area contributed by atoms with Crippen LogP contribution >= 0.6 is 0 Å². The summed E-state index contributed by atoms with van der Waals surface area (Å²) >= 11 is 0. The van der Waals surface area contributed by atoms with Gasteiger partial charge in [-0.15, -0.1) is 0 Å². The van der Waals surface area contributed by atoms with E-state index in [-0.39, 0.29) is 30.1 Å². The molecule has 1 aliphatic rings. The summed E-state index contributed by atoms with van der Waals surface area (Å²) < 4.78 is 5.14. The summed E-state index contributed by atoms with van der Waals surface area (Å²) in [6, 6.07) is 19.7. The summed E-state index contributed by atoms with van der Waals surface area (Å²) in [6.45, 7) is 4.13. The summed E-state index contributed by atoms with van der Waals surface area (Å²) in [6.07, 6.45) is 2.86. The zero-order valence-electron chi connectivity index (χ0n) is 19.4. The Balaban J connectivity index is 1.59. The Morgan fingerprint density at radius 2 is 1.64 bits per heavy atom. The fraction of sp³-hybridized carbons (Fsp3) is 0.444. The SMILES string of the molecule is CCOC(=O)C1CCCN(C(=O)CCN(CCc2ccccc2)C(=O)Cc2ccccc2)C1. The van der Waals surface area contributed by atoms with Crippen LogP contribution in [0.15, 0.2) is 60.7 Å². The van der Waals surface area contributed by atoms with Crippen molar-refractivity contribution in [1.29, 1.82) is 0 Å². The highest BCUT2D eigenvalue weighted by Gasteiger charge is 2.29. The molecule has 1 heterocycles. The molecule has 0 saturated carbocycles. The molecule has 176 valence electrons. The van der Waals surface area contributed by atoms with Gasteiger partial charge in [-0.2, -0.15) is 0 Å². The van der Waals surface area contributed by atoms with E-state index in [0.29, 0.717) is 39.2 Å². The van der Waals surface area contributed by atoms with Gasteiger partial charge < -0.3 is 14.5 Å². The first-order chi connectivity index (χ1) is 16.1. The number of amides is 2. The molecule has 3 rings (SSSR count). The van der Waals surface area contributed by atoms with Gasteiger partial charge in [-0.25, -0.2) is 0 Å². The lowest BCUT2D eigenvalue weighted by molar-refractivity contribution is -0.151. The van der Waals surface area contributed by atoms with E-state index in [1.54, 1.807) is 16.7 Å². The van der Waals surface area contributed by atoms with E-state index in [2.05, 4.69) is 0 Å². The molecule has 2 aromatic rings. The van der Waals surface area contributed by atoms with Crippen molar-refractivity contribution in [3.05, 3.63) is 71.8 Å². The molecular formula is C27H34N2O4. The van der Waals surface area contributed by atoms with Crippen molar-refractivity contribution >= 4 is 17.8 Å². The first kappa shape index (κ1) is 24.5. The van der Waals surface area contributed by atoms with Crippen molar-refractivity contribution in [2.45, 2.75) is 39.0 Å². The summed E-state index contributed by atoms with van der Waals surface area (Å²) in [7, 11) is 0. The molecule has 1 aliphatic heterocycles. The minimum atomic E-state index is -0.253. The third-order valence-electron chi connectivity index (χ3n) is 6.05. The Bertz CT molecular complexity index is 901. The number of carbonyl (C=O) groups excluding carboxylic acids is 3. The molecule has 0 bridgehead atoms. The fourth-order valence-corrected chi connectivity index (χ4v) is 4.20. The van der Waals surface area contributed by atoms with Gasteiger partial charge in [-0.1, -0.05) is 60.7 Å². The first-order valence-corrected chi connectivity index (χ1v) is 11.9. The molecule has 6 heteroatoms. The van der Waals surface area contributed by atoms with Crippen molar-refractivity contribution in [3.8, 4) is 0 Å². The summed E-state index contributed by atoms with van der Waals surface area (Å²) in [5.41, 5.74) is 2.13. The molecule has 0 aliphatic carbocycles. The van der Waals surface area contributed by atoms with Gasteiger partial charge in [-0.3, -0.25) is 14.4 Å². The Morgan fingerprint density at radius 3 is 2.30 bits per heavy atom. The number of rotatable bonds is 10. The highest BCUT2D eigenvalue weighted by molar-refractivity contribution is 5.81. The van der Waals surface area contributed by atoms with Crippen LogP contribution in [0.4, 0.5) is 0 Å². The van der Waals surface area contributed by atoms with Crippen molar-refractivity contribution in [1.82, 2.24) is 9.80 Å². The van der Waals surface area contributed by atoms with Gasteiger partial charge in [0.15, 0.2) is 0 Å². The van der Waals surface area contributed by atoms with Crippen LogP contribution in [0.5, 0.6) is 0 Å². The number of hydrogen-bond donors (Lipinski definition) is 0. The van der Waals surface area contributed by atoms with Crippen LogP contribution in [-0.2, 0) is 32.0 Å². The smallest absolute Gasteiger partial charge is 0.310 e. The number of benzene rings is 2. The number of nitrogens with zero attached hydrogens (tertiary/aromatic N) is 2. The minimum Gasteiger partial charge on any atom is -0.466 e. The maximum absolute atomic E-state index is 13.1. The second-order valence-corrected chi connectivity index (χ2v) is 8.46. The zero-order valence-corrected chi connectivity index (χ0v) is 19.4. The molecule has 1 fully saturated rings. The van der Waals surface area contributed by atoms with Crippen LogP contribution in [0, 0.1) is 5.92 Å². The Labute approximate surface area is 196 Å². The molecule has 1 atom stereocenters. The largest absolute Gasteiger partial charge is 0.466 e. The Morgan fingerprint density at radius 1 is 0.970 bits per heavy atom. The van der Waals surface area contributed by atoms with Gasteiger partial charge in [0.05, 0.1) is 18.9 Å². The average Bonchev–Trinajstić information content (AvgIpc) is 2.85. The lowest BCUT2D eigenvalue weighted by Crippen LogP contribution is -2.44. The quantitative estimate of drug-likeness (QED) is 0.520. The normalized spacial score (nSPS) is 15.7. The van der Waals surface area contributed by atoms with Crippen molar-refractivity contribution < 1.29 is 19.1 Å². The predicted octanol–water partition coefficient (Wildman–Crippen LogP) is 3.49. The molecule has 1 unspecified atom stereocenters. The topological polar surface area (TPSA) is 66.9 Å². The molecule has 0 radical (unpaired) electrons. The van der Waals surface area contributed by atoms with Crippen molar-refractivity contribution in [3.63, 3.8) is 0 Å². The van der Waals surface area contributed by atoms with Crippen LogP contribution in [0.3, 0.4) is 0 Å². The van der Waals surface area contributed by atoms with E-state index >= 15 is 0 Å². The summed E-state index contributed by atoms with van der Waals surface area (Å²) in [4.78, 5) is 41.6. The van der Waals surface area contributed by atoms with E-state index in [1.165, 1.54) is 0 Å². The third kappa shape index (κ3) is 7.74. The van der Waals surface area contributed by atoms with E-state index in [0.717, 1.165) is 30.4 Å². The van der Waals surface area contributed by atoms with E-state index in [1.807, 2.05) is 60.7 Å². The zero-order chi connectivity index (χ0) is 23.5. The van der Waals surface area contributed by atoms with Crippen LogP contribution in [-0.4, -0.2) is 60.4 Å². The van der Waals surface area contributed by atoms with E-state index < -0.39 is 0 Å². The van der Waals surface area contributed by atoms with Crippen LogP contribution in [0.2, 0.25) is 0 Å². The summed E-state index contributed by atoms with van der Waals surface area (Å²) in [5.74, 6) is -0.469. The predicted molar refractivity (Wildman–Crippen MR) is 127 cm³/mol. The van der Waals surface area contributed by atoms with Crippen LogP contribution in [0.1, 0.15) is 37.3 Å². The van der Waals surface area contributed by atoms with Gasteiger partial charge in [-0.05, 0) is 37.3 Å². The maximum Gasteiger partial charge on any atom is 0.310 e. The Hall–Kier alpha value is -3.15. The fourth-order valence-electron chi connectivity index (χ4n) is 4.20. The molecule has 0 spiro atoms. The standard InChI is InChI=1S/C27H34N2O4/c1-2-33-27(32)24-14-9-17-29(21-24)25(30)16-19-28(18-15-22-10-5-3-6-11-22)26(31)20-23-12-7-4-8-13-23/h3-8,10-13,24H,2,9,14-21H2,1H3. The number of likely N-dealkylation sites (tertiary alicyclic amines) is 1. The van der Waals surface area contributed by atoms with Crippen molar-refractivity contribution in [2.75, 3.05) is 32.8 Å². The highest BCUT2D eigenvalue weighted by Crippen LogP contribution is 2.19. The van der Waals surface area contributed by atoms with Gasteiger partial charge >= 0.3 is 5.97 Å². The average molecular weight is 451 g/mol. The first-order valence-electron chi connectivity index (χ1n) is 11.9. The molecule has 6 nitrogen and oxygen atoms in total. The van der Waals surface area contributed by atoms with Gasteiger partial charge in [0, 0.05) is 32.6 Å². The molecule has 2 amide bonds. The maximum atomic E-state index is 13.1. The monoisotopic (exact) mass is 450 g/mol. The third-order valence-corrected chi connectivity index (χ3v) is 6.05. The number of carbonyl (C=O) groups is 3. The lowest BCUT2D eigenvalue weighted by atomic mass is 9.98. The minimum absolute atomic E-state index is 0.0128. The molecule has 2 aromatic carbocycles. The van der Waals surface area contributed by atoms with Crippen molar-refractivity contribution in [2.24, 2.45) is 5.92 Å². The van der Waals surface area contributed by atoms with E-state index in [4.69, 9.17) is 4.74 Å². The molecule has 1 saturated heterocycles. The molecule has 0 aromatic heterocycles. The number of ether oxygens (including phenoxy) is 1. The number of esters is 1. The highest BCUT2D eigenvalue weighted by atomic mass is 16.5. The van der Waals surface area contributed by atoms with Crippen LogP contribution in [0.25, 0.3) is 0 Å². The second-order valence-electron chi connectivity index (χ2n) is 8.46. The van der Waals surface area contributed by atoms with E-state index in [9.17, 15) is 14.4 Å².